The predicted octanol–water partition coefficient (Wildman–Crippen LogP) is 0.259. The zero-order chi connectivity index (χ0) is 17.1. The highest BCUT2D eigenvalue weighted by atomic mass is 32.2. The molecule has 0 aliphatic carbocycles. The van der Waals surface area contributed by atoms with Crippen molar-refractivity contribution in [1.82, 2.24) is 14.2 Å². The summed E-state index contributed by atoms with van der Waals surface area (Å²) in [6.07, 6.45) is 1.34. The maximum atomic E-state index is 12.4. The van der Waals surface area contributed by atoms with Gasteiger partial charge in [0, 0.05) is 26.3 Å². The van der Waals surface area contributed by atoms with Crippen molar-refractivity contribution in [2.45, 2.75) is 31.7 Å². The van der Waals surface area contributed by atoms with Gasteiger partial charge in [-0.1, -0.05) is 13.8 Å². The minimum atomic E-state index is -3.67. The molecule has 22 heavy (non-hydrogen) atoms. The number of aliphatic carboxylic acids is 1. The molecular formula is C13H21N3O5S. The lowest BCUT2D eigenvalue weighted by Crippen LogP contribution is -2.39. The van der Waals surface area contributed by atoms with Gasteiger partial charge in [-0.3, -0.25) is 9.59 Å². The number of aromatic nitrogens is 1. The topological polar surface area (TPSA) is 109 Å². The molecule has 1 aromatic rings. The zero-order valence-electron chi connectivity index (χ0n) is 13.0. The summed E-state index contributed by atoms with van der Waals surface area (Å²) >= 11 is 0. The maximum absolute atomic E-state index is 12.4. The van der Waals surface area contributed by atoms with Gasteiger partial charge in [-0.2, -0.15) is 4.31 Å². The maximum Gasteiger partial charge on any atom is 0.325 e. The van der Waals surface area contributed by atoms with Gasteiger partial charge in [0.15, 0.2) is 0 Å². The van der Waals surface area contributed by atoms with Gasteiger partial charge < -0.3 is 15.0 Å². The number of hydrogen-bond donors (Lipinski definition) is 2. The molecule has 1 rings (SSSR count). The highest BCUT2D eigenvalue weighted by molar-refractivity contribution is 7.89. The number of hydrogen-bond acceptors (Lipinski definition) is 4. The van der Waals surface area contributed by atoms with Gasteiger partial charge in [0.1, 0.15) is 16.6 Å². The number of amides is 1. The lowest BCUT2D eigenvalue weighted by molar-refractivity contribution is -0.138. The van der Waals surface area contributed by atoms with E-state index >= 15 is 0 Å². The van der Waals surface area contributed by atoms with Crippen LogP contribution in [-0.4, -0.2) is 53.4 Å². The van der Waals surface area contributed by atoms with Crippen LogP contribution in [0.15, 0.2) is 17.2 Å². The summed E-state index contributed by atoms with van der Waals surface area (Å²) in [7, 11) is -2.14. The number of nitrogens with zero attached hydrogens (tertiary/aromatic N) is 2. The van der Waals surface area contributed by atoms with E-state index in [1.165, 1.54) is 35.1 Å². The van der Waals surface area contributed by atoms with Crippen LogP contribution in [0.5, 0.6) is 0 Å². The molecule has 1 heterocycles. The van der Waals surface area contributed by atoms with E-state index in [-0.39, 0.29) is 10.6 Å². The molecule has 0 radical (unpaired) electrons. The second-order valence-corrected chi connectivity index (χ2v) is 6.73. The second kappa shape index (κ2) is 6.93. The Morgan fingerprint density at radius 3 is 2.36 bits per heavy atom. The molecule has 2 N–H and O–H groups in total. The smallest absolute Gasteiger partial charge is 0.325 e. The van der Waals surface area contributed by atoms with E-state index in [4.69, 9.17) is 5.11 Å². The summed E-state index contributed by atoms with van der Waals surface area (Å²) in [5.41, 5.74) is 0.0823. The third-order valence-electron chi connectivity index (χ3n) is 3.27. The summed E-state index contributed by atoms with van der Waals surface area (Å²) in [4.78, 5) is 22.8. The number of carbonyl (C=O) groups excluding carboxylic acids is 1. The molecule has 0 saturated carbocycles. The average molecular weight is 331 g/mol. The number of carboxylic acids is 1. The van der Waals surface area contributed by atoms with Crippen LogP contribution in [0.3, 0.4) is 0 Å². The van der Waals surface area contributed by atoms with Crippen molar-refractivity contribution >= 4 is 21.9 Å². The number of rotatable bonds is 7. The number of nitrogens with one attached hydrogen (secondary N) is 1. The number of carboxylic acid groups (broad SMARTS) is 1. The SMILES string of the molecule is CCN(CC)S(=O)(=O)c1cc(C(=O)NC(C)C(=O)O)n(C)c1. The number of sulfonamides is 1. The van der Waals surface area contributed by atoms with Crippen molar-refractivity contribution in [3.8, 4) is 0 Å². The van der Waals surface area contributed by atoms with Crippen molar-refractivity contribution in [3.63, 3.8) is 0 Å². The van der Waals surface area contributed by atoms with Gasteiger partial charge in [0.05, 0.1) is 0 Å². The fourth-order valence-corrected chi connectivity index (χ4v) is 3.48. The normalized spacial score (nSPS) is 13.1. The van der Waals surface area contributed by atoms with Crippen molar-refractivity contribution in [2.75, 3.05) is 13.1 Å². The number of carbonyl (C=O) groups is 2. The van der Waals surface area contributed by atoms with E-state index in [1.807, 2.05) is 0 Å². The molecule has 8 nitrogen and oxygen atoms in total. The van der Waals surface area contributed by atoms with E-state index < -0.39 is 27.9 Å². The third-order valence-corrected chi connectivity index (χ3v) is 5.29. The molecule has 0 aliphatic heterocycles. The molecule has 1 aromatic heterocycles. The Kier molecular flexibility index (Phi) is 5.72. The van der Waals surface area contributed by atoms with E-state index in [1.54, 1.807) is 13.8 Å². The van der Waals surface area contributed by atoms with Gasteiger partial charge in [-0.15, -0.1) is 0 Å². The van der Waals surface area contributed by atoms with Crippen LogP contribution in [0.4, 0.5) is 0 Å². The standard InChI is InChI=1S/C13H21N3O5S/c1-5-16(6-2)22(20,21)10-7-11(15(4)8-10)12(17)14-9(3)13(18)19/h7-9H,5-6H2,1-4H3,(H,14,17)(H,18,19). The molecule has 0 spiro atoms. The summed E-state index contributed by atoms with van der Waals surface area (Å²) in [5.74, 6) is -1.81. The number of aryl methyl sites for hydroxylation is 1. The van der Waals surface area contributed by atoms with Gasteiger partial charge in [0.25, 0.3) is 5.91 Å². The summed E-state index contributed by atoms with van der Waals surface area (Å²) in [6.45, 7) is 5.44. The van der Waals surface area contributed by atoms with Gasteiger partial charge in [0.2, 0.25) is 10.0 Å². The third kappa shape index (κ3) is 3.66. The lowest BCUT2D eigenvalue weighted by Gasteiger charge is -2.17. The largest absolute Gasteiger partial charge is 0.480 e. The first kappa shape index (κ1) is 18.2. The molecule has 9 heteroatoms. The summed E-state index contributed by atoms with van der Waals surface area (Å²) in [5, 5.41) is 11.1. The van der Waals surface area contributed by atoms with Crippen LogP contribution in [0.1, 0.15) is 31.3 Å². The second-order valence-electron chi connectivity index (χ2n) is 4.79. The first-order valence-corrected chi connectivity index (χ1v) is 8.29. The first-order chi connectivity index (χ1) is 10.1. The van der Waals surface area contributed by atoms with Gasteiger partial charge in [-0.25, -0.2) is 8.42 Å². The molecule has 0 aromatic carbocycles. The first-order valence-electron chi connectivity index (χ1n) is 6.85. The van der Waals surface area contributed by atoms with Gasteiger partial charge in [-0.05, 0) is 13.0 Å². The van der Waals surface area contributed by atoms with E-state index in [2.05, 4.69) is 5.32 Å². The molecule has 1 atom stereocenters. The van der Waals surface area contributed by atoms with Crippen LogP contribution in [-0.2, 0) is 21.9 Å². The predicted molar refractivity (Wildman–Crippen MR) is 80.1 cm³/mol. The van der Waals surface area contributed by atoms with Crippen molar-refractivity contribution in [2.24, 2.45) is 7.05 Å². The van der Waals surface area contributed by atoms with Gasteiger partial charge >= 0.3 is 5.97 Å². The minimum Gasteiger partial charge on any atom is -0.480 e. The van der Waals surface area contributed by atoms with E-state index in [9.17, 15) is 18.0 Å². The Morgan fingerprint density at radius 1 is 1.36 bits per heavy atom. The van der Waals surface area contributed by atoms with E-state index in [0.717, 1.165) is 0 Å². The highest BCUT2D eigenvalue weighted by Gasteiger charge is 2.26. The lowest BCUT2D eigenvalue weighted by atomic mass is 10.3. The summed E-state index contributed by atoms with van der Waals surface area (Å²) in [6, 6.07) is 0.183. The molecule has 0 saturated heterocycles. The van der Waals surface area contributed by atoms with Crippen LogP contribution in [0.25, 0.3) is 0 Å². The zero-order valence-corrected chi connectivity index (χ0v) is 13.8. The molecule has 1 unspecified atom stereocenters. The van der Waals surface area contributed by atoms with Crippen molar-refractivity contribution < 1.29 is 23.1 Å². The van der Waals surface area contributed by atoms with E-state index in [0.29, 0.717) is 13.1 Å². The minimum absolute atomic E-state index is 0.00632. The van der Waals surface area contributed by atoms with Crippen molar-refractivity contribution in [1.29, 1.82) is 0 Å². The Bertz CT molecular complexity index is 661. The highest BCUT2D eigenvalue weighted by Crippen LogP contribution is 2.18. The Labute approximate surface area is 129 Å². The molecule has 124 valence electrons. The Hall–Kier alpha value is -1.87. The Balaban J connectivity index is 3.11. The molecule has 0 aliphatic rings. The average Bonchev–Trinajstić information content (AvgIpc) is 2.82. The molecular weight excluding hydrogens is 310 g/mol. The van der Waals surface area contributed by atoms with Crippen LogP contribution in [0, 0.1) is 0 Å². The van der Waals surface area contributed by atoms with Crippen LogP contribution in [0.2, 0.25) is 0 Å². The quantitative estimate of drug-likeness (QED) is 0.745. The molecule has 0 fully saturated rings. The monoisotopic (exact) mass is 331 g/mol. The molecule has 0 bridgehead atoms. The fourth-order valence-electron chi connectivity index (χ4n) is 1.95. The summed E-state index contributed by atoms with van der Waals surface area (Å²) < 4.78 is 27.4. The van der Waals surface area contributed by atoms with Crippen LogP contribution < -0.4 is 5.32 Å². The fraction of sp³-hybridized carbons (Fsp3) is 0.538. The van der Waals surface area contributed by atoms with Crippen molar-refractivity contribution in [3.05, 3.63) is 18.0 Å². The molecule has 1 amide bonds. The van der Waals surface area contributed by atoms with Crippen LogP contribution >= 0.6 is 0 Å². The Morgan fingerprint density at radius 2 is 1.91 bits per heavy atom.